The highest BCUT2D eigenvalue weighted by molar-refractivity contribution is 5.81. The summed E-state index contributed by atoms with van der Waals surface area (Å²) in [6.07, 6.45) is 4.42. The summed E-state index contributed by atoms with van der Waals surface area (Å²) < 4.78 is 5.53. The standard InChI is InChI=1S/C21H29N3O2/c1-20(2,3)15-21(4,5)16-8-10-18(11-9-16)26-14-19(25)24-23-13-17-7-6-12-22-17/h6-13,22H,14-15H2,1-5H3,(H,24,25). The number of carbonyl (C=O) groups excluding carboxylic acids is 1. The first kappa shape index (κ1) is 19.8. The molecule has 0 atom stereocenters. The van der Waals surface area contributed by atoms with E-state index in [9.17, 15) is 4.79 Å². The molecule has 1 aromatic carbocycles. The Bertz CT molecular complexity index is 724. The molecule has 0 radical (unpaired) electrons. The molecule has 2 N–H and O–H groups in total. The molecule has 1 amide bonds. The minimum Gasteiger partial charge on any atom is -0.484 e. The number of hydrogen-bond donors (Lipinski definition) is 2. The van der Waals surface area contributed by atoms with Gasteiger partial charge in [0.25, 0.3) is 5.91 Å². The minimum absolute atomic E-state index is 0.0766. The zero-order valence-electron chi connectivity index (χ0n) is 16.3. The molecule has 26 heavy (non-hydrogen) atoms. The van der Waals surface area contributed by atoms with Gasteiger partial charge in [0.2, 0.25) is 0 Å². The van der Waals surface area contributed by atoms with E-state index in [0.717, 1.165) is 12.1 Å². The fourth-order valence-electron chi connectivity index (χ4n) is 3.21. The van der Waals surface area contributed by atoms with Crippen LogP contribution in [0.2, 0.25) is 0 Å². The molecule has 2 rings (SSSR count). The average molecular weight is 355 g/mol. The molecule has 0 saturated carbocycles. The number of hydrazone groups is 1. The number of rotatable bonds is 7. The molecular weight excluding hydrogens is 326 g/mol. The monoisotopic (exact) mass is 355 g/mol. The number of benzene rings is 1. The van der Waals surface area contributed by atoms with Crippen LogP contribution in [0.3, 0.4) is 0 Å². The lowest BCUT2D eigenvalue weighted by Gasteiger charge is -2.33. The van der Waals surface area contributed by atoms with Gasteiger partial charge in [-0.05, 0) is 47.1 Å². The fraction of sp³-hybridized carbons (Fsp3) is 0.429. The normalized spacial score (nSPS) is 12.3. The van der Waals surface area contributed by atoms with Gasteiger partial charge < -0.3 is 9.72 Å². The predicted octanol–water partition coefficient (Wildman–Crippen LogP) is 4.26. The van der Waals surface area contributed by atoms with Crippen molar-refractivity contribution in [2.24, 2.45) is 10.5 Å². The maximum Gasteiger partial charge on any atom is 0.277 e. The summed E-state index contributed by atoms with van der Waals surface area (Å²) in [6.45, 7) is 11.2. The molecule has 0 fully saturated rings. The number of hydrogen-bond acceptors (Lipinski definition) is 3. The van der Waals surface area contributed by atoms with Gasteiger partial charge >= 0.3 is 0 Å². The van der Waals surface area contributed by atoms with Crippen molar-refractivity contribution in [2.75, 3.05) is 6.61 Å². The van der Waals surface area contributed by atoms with Gasteiger partial charge in [0.15, 0.2) is 6.61 Å². The first-order valence-corrected chi connectivity index (χ1v) is 8.84. The lowest BCUT2D eigenvalue weighted by atomic mass is 9.72. The molecule has 140 valence electrons. The first-order valence-electron chi connectivity index (χ1n) is 8.84. The SMILES string of the molecule is CC(C)(C)CC(C)(C)c1ccc(OCC(=O)NN=Cc2ccc[nH]2)cc1. The molecular formula is C21H29N3O2. The van der Waals surface area contributed by atoms with Gasteiger partial charge in [-0.1, -0.05) is 46.8 Å². The van der Waals surface area contributed by atoms with Crippen LogP contribution in [-0.2, 0) is 10.2 Å². The third-order valence-electron chi connectivity index (χ3n) is 3.99. The van der Waals surface area contributed by atoms with Crippen molar-refractivity contribution in [3.8, 4) is 5.75 Å². The van der Waals surface area contributed by atoms with E-state index in [4.69, 9.17) is 4.74 Å². The van der Waals surface area contributed by atoms with Crippen molar-refractivity contribution in [3.63, 3.8) is 0 Å². The van der Waals surface area contributed by atoms with Gasteiger partial charge in [-0.25, -0.2) is 5.43 Å². The molecule has 0 saturated heterocycles. The lowest BCUT2D eigenvalue weighted by molar-refractivity contribution is -0.123. The molecule has 5 heteroatoms. The third kappa shape index (κ3) is 6.39. The minimum atomic E-state index is -0.301. The van der Waals surface area contributed by atoms with Crippen LogP contribution in [0.1, 0.15) is 52.3 Å². The number of aromatic amines is 1. The average Bonchev–Trinajstić information content (AvgIpc) is 3.04. The van der Waals surface area contributed by atoms with Gasteiger partial charge in [-0.15, -0.1) is 0 Å². The van der Waals surface area contributed by atoms with E-state index in [1.165, 1.54) is 5.56 Å². The van der Waals surface area contributed by atoms with E-state index in [-0.39, 0.29) is 23.3 Å². The van der Waals surface area contributed by atoms with E-state index in [2.05, 4.69) is 62.3 Å². The summed E-state index contributed by atoms with van der Waals surface area (Å²) in [6, 6.07) is 11.7. The van der Waals surface area contributed by atoms with Gasteiger partial charge in [0.05, 0.1) is 11.9 Å². The van der Waals surface area contributed by atoms with Crippen LogP contribution in [0.25, 0.3) is 0 Å². The number of amides is 1. The number of H-pyrrole nitrogens is 1. The fourth-order valence-corrected chi connectivity index (χ4v) is 3.21. The van der Waals surface area contributed by atoms with Crippen molar-refractivity contribution in [1.29, 1.82) is 0 Å². The topological polar surface area (TPSA) is 66.5 Å². The number of ether oxygens (including phenoxy) is 1. The van der Waals surface area contributed by atoms with Crippen LogP contribution in [0.4, 0.5) is 0 Å². The highest BCUT2D eigenvalue weighted by atomic mass is 16.5. The van der Waals surface area contributed by atoms with E-state index in [1.54, 1.807) is 12.4 Å². The van der Waals surface area contributed by atoms with E-state index in [1.807, 2.05) is 24.3 Å². The molecule has 0 aliphatic rings. The van der Waals surface area contributed by atoms with Crippen molar-refractivity contribution >= 4 is 12.1 Å². The number of nitrogens with one attached hydrogen (secondary N) is 2. The summed E-state index contributed by atoms with van der Waals surface area (Å²) in [5.41, 5.74) is 4.87. The summed E-state index contributed by atoms with van der Waals surface area (Å²) >= 11 is 0. The lowest BCUT2D eigenvalue weighted by Crippen LogP contribution is -2.25. The molecule has 2 aromatic rings. The van der Waals surface area contributed by atoms with Crippen molar-refractivity contribution in [2.45, 2.75) is 46.5 Å². The molecule has 1 aromatic heterocycles. The van der Waals surface area contributed by atoms with Crippen LogP contribution in [0.15, 0.2) is 47.7 Å². The Morgan fingerprint density at radius 3 is 2.42 bits per heavy atom. The van der Waals surface area contributed by atoms with Gasteiger partial charge in [0.1, 0.15) is 5.75 Å². The summed E-state index contributed by atoms with van der Waals surface area (Å²) in [5.74, 6) is 0.369. The molecule has 0 aliphatic heterocycles. The quantitative estimate of drug-likeness (QED) is 0.576. The Balaban J connectivity index is 1.84. The van der Waals surface area contributed by atoms with Crippen molar-refractivity contribution in [3.05, 3.63) is 53.9 Å². The zero-order valence-corrected chi connectivity index (χ0v) is 16.3. The summed E-state index contributed by atoms with van der Waals surface area (Å²) in [7, 11) is 0. The Morgan fingerprint density at radius 2 is 1.85 bits per heavy atom. The first-order chi connectivity index (χ1) is 12.2. The number of nitrogens with zero attached hydrogens (tertiary/aromatic N) is 1. The van der Waals surface area contributed by atoms with Crippen molar-refractivity contribution < 1.29 is 9.53 Å². The smallest absolute Gasteiger partial charge is 0.277 e. The Hall–Kier alpha value is -2.56. The third-order valence-corrected chi connectivity index (χ3v) is 3.99. The second-order valence-electron chi connectivity index (χ2n) is 8.35. The predicted molar refractivity (Wildman–Crippen MR) is 106 cm³/mol. The molecule has 0 bridgehead atoms. The molecule has 0 aliphatic carbocycles. The second-order valence-corrected chi connectivity index (χ2v) is 8.35. The van der Waals surface area contributed by atoms with Crippen LogP contribution in [-0.4, -0.2) is 23.7 Å². The number of aromatic nitrogens is 1. The maximum absolute atomic E-state index is 11.8. The van der Waals surface area contributed by atoms with E-state index < -0.39 is 0 Å². The summed E-state index contributed by atoms with van der Waals surface area (Å²) in [5, 5.41) is 3.87. The molecule has 0 unspecified atom stereocenters. The van der Waals surface area contributed by atoms with Crippen LogP contribution in [0, 0.1) is 5.41 Å². The Morgan fingerprint density at radius 1 is 1.15 bits per heavy atom. The molecule has 5 nitrogen and oxygen atoms in total. The molecule has 0 spiro atoms. The number of carbonyl (C=O) groups is 1. The van der Waals surface area contributed by atoms with Gasteiger partial charge in [0, 0.05) is 6.20 Å². The van der Waals surface area contributed by atoms with Crippen LogP contribution < -0.4 is 10.2 Å². The molecule has 1 heterocycles. The van der Waals surface area contributed by atoms with E-state index >= 15 is 0 Å². The van der Waals surface area contributed by atoms with Gasteiger partial charge in [-0.3, -0.25) is 4.79 Å². The van der Waals surface area contributed by atoms with Crippen LogP contribution >= 0.6 is 0 Å². The zero-order chi connectivity index (χ0) is 19.2. The highest BCUT2D eigenvalue weighted by Crippen LogP contribution is 2.36. The largest absolute Gasteiger partial charge is 0.484 e. The van der Waals surface area contributed by atoms with Crippen molar-refractivity contribution in [1.82, 2.24) is 10.4 Å². The van der Waals surface area contributed by atoms with E-state index in [0.29, 0.717) is 5.75 Å². The maximum atomic E-state index is 11.8. The second kappa shape index (κ2) is 8.21. The summed E-state index contributed by atoms with van der Waals surface area (Å²) in [4.78, 5) is 14.7. The highest BCUT2D eigenvalue weighted by Gasteiger charge is 2.27. The van der Waals surface area contributed by atoms with Gasteiger partial charge in [-0.2, -0.15) is 5.10 Å². The van der Waals surface area contributed by atoms with Crippen LogP contribution in [0.5, 0.6) is 5.75 Å². The Kier molecular flexibility index (Phi) is 6.24. The Labute approximate surface area is 155 Å².